The van der Waals surface area contributed by atoms with Crippen LogP contribution in [0, 0.1) is 5.92 Å². The fraction of sp³-hybridized carbons (Fsp3) is 0.833. The number of nitrogens with one attached hydrogen (secondary N) is 1. The first kappa shape index (κ1) is 25.3. The van der Waals surface area contributed by atoms with Crippen LogP contribution in [-0.2, 0) is 14.4 Å². The molecule has 2 fully saturated rings. The summed E-state index contributed by atoms with van der Waals surface area (Å²) in [7, 11) is 6.49. The summed E-state index contributed by atoms with van der Waals surface area (Å²) in [5, 5.41) is 16.9. The van der Waals surface area contributed by atoms with Gasteiger partial charge in [-0.2, -0.15) is 0 Å². The van der Waals surface area contributed by atoms with Crippen LogP contribution in [-0.4, -0.2) is 110 Å². The van der Waals surface area contributed by atoms with Crippen molar-refractivity contribution in [2.45, 2.75) is 31.7 Å². The summed E-state index contributed by atoms with van der Waals surface area (Å²) in [5.41, 5.74) is 0. The number of piperidine rings is 1. The molecule has 0 spiro atoms. The Morgan fingerprint density at radius 2 is 1.56 bits per heavy atom. The highest BCUT2D eigenvalue weighted by atomic mass is 16.3. The van der Waals surface area contributed by atoms with Gasteiger partial charge >= 0.3 is 0 Å². The van der Waals surface area contributed by atoms with E-state index in [4.69, 9.17) is 19.8 Å². The van der Waals surface area contributed by atoms with Gasteiger partial charge in [0, 0.05) is 38.6 Å². The molecule has 2 aliphatic rings. The highest BCUT2D eigenvalue weighted by Crippen LogP contribution is 2.20. The summed E-state index contributed by atoms with van der Waals surface area (Å²) in [6.07, 6.45) is 4.25. The summed E-state index contributed by atoms with van der Waals surface area (Å²) >= 11 is 0. The molecule has 158 valence electrons. The molecule has 1 amide bonds. The van der Waals surface area contributed by atoms with Gasteiger partial charge in [0.2, 0.25) is 5.91 Å². The molecule has 0 aromatic carbocycles. The number of carbonyl (C=O) groups excluding carboxylic acids is 1. The fourth-order valence-corrected chi connectivity index (χ4v) is 3.33. The Kier molecular flexibility index (Phi) is 14.4. The van der Waals surface area contributed by atoms with Gasteiger partial charge < -0.3 is 25.3 Å². The summed E-state index contributed by atoms with van der Waals surface area (Å²) in [4.78, 5) is 35.8. The molecule has 2 rings (SSSR count). The van der Waals surface area contributed by atoms with Crippen LogP contribution in [0.25, 0.3) is 0 Å². The number of likely N-dealkylation sites (tertiary alicyclic amines) is 1. The van der Waals surface area contributed by atoms with E-state index in [0.29, 0.717) is 12.5 Å². The second kappa shape index (κ2) is 15.4. The highest BCUT2D eigenvalue weighted by molar-refractivity contribution is 5.75. The van der Waals surface area contributed by atoms with Gasteiger partial charge in [0.15, 0.2) is 0 Å². The quantitative estimate of drug-likeness (QED) is 0.558. The van der Waals surface area contributed by atoms with E-state index in [9.17, 15) is 4.79 Å². The van der Waals surface area contributed by atoms with Crippen LogP contribution in [0.4, 0.5) is 0 Å². The third-order valence-corrected chi connectivity index (χ3v) is 5.13. The van der Waals surface area contributed by atoms with E-state index in [2.05, 4.69) is 41.2 Å². The topological polar surface area (TPSA) is 113 Å². The Labute approximate surface area is 162 Å². The van der Waals surface area contributed by atoms with Gasteiger partial charge in [-0.15, -0.1) is 0 Å². The number of hydrogen-bond donors (Lipinski definition) is 3. The summed E-state index contributed by atoms with van der Waals surface area (Å²) in [5.74, 6) is 0.978. The van der Waals surface area contributed by atoms with E-state index >= 15 is 0 Å². The average Bonchev–Trinajstić information content (AvgIpc) is 2.63. The van der Waals surface area contributed by atoms with Crippen molar-refractivity contribution in [3.8, 4) is 0 Å². The van der Waals surface area contributed by atoms with Gasteiger partial charge in [-0.1, -0.05) is 0 Å². The molecular weight excluding hydrogens is 352 g/mol. The molecule has 0 aromatic rings. The van der Waals surface area contributed by atoms with Gasteiger partial charge in [0.25, 0.3) is 12.9 Å². The van der Waals surface area contributed by atoms with Crippen LogP contribution >= 0.6 is 0 Å². The lowest BCUT2D eigenvalue weighted by Crippen LogP contribution is -2.54. The molecule has 9 nitrogen and oxygen atoms in total. The predicted molar refractivity (Wildman–Crippen MR) is 104 cm³/mol. The molecule has 1 unspecified atom stereocenters. The van der Waals surface area contributed by atoms with E-state index in [1.165, 1.54) is 25.9 Å². The van der Waals surface area contributed by atoms with Crippen LogP contribution in [0.3, 0.4) is 0 Å². The SMILES string of the molecule is CN1CCC(CCC(=O)NCC2CN(C)CCN2C)CC1.O=CO.O=CO. The molecule has 2 heterocycles. The Hall–Kier alpha value is -1.71. The number of amides is 1. The lowest BCUT2D eigenvalue weighted by atomic mass is 9.92. The smallest absolute Gasteiger partial charge is 0.290 e. The number of piperazine rings is 1. The van der Waals surface area contributed by atoms with E-state index in [-0.39, 0.29) is 18.9 Å². The van der Waals surface area contributed by atoms with Crippen molar-refractivity contribution in [1.82, 2.24) is 20.0 Å². The molecule has 0 saturated carbocycles. The number of hydrogen-bond acceptors (Lipinski definition) is 6. The van der Waals surface area contributed by atoms with Crippen molar-refractivity contribution in [3.63, 3.8) is 0 Å². The lowest BCUT2D eigenvalue weighted by molar-refractivity contribution is -0.123. The van der Waals surface area contributed by atoms with E-state index in [1.54, 1.807) is 0 Å². The zero-order valence-corrected chi connectivity index (χ0v) is 16.8. The van der Waals surface area contributed by atoms with Crippen LogP contribution < -0.4 is 5.32 Å². The molecule has 0 radical (unpaired) electrons. The summed E-state index contributed by atoms with van der Waals surface area (Å²) in [6.45, 7) is 5.92. The zero-order chi connectivity index (χ0) is 20.7. The number of nitrogens with zero attached hydrogens (tertiary/aromatic N) is 3. The van der Waals surface area contributed by atoms with Crippen molar-refractivity contribution in [3.05, 3.63) is 0 Å². The highest BCUT2D eigenvalue weighted by Gasteiger charge is 2.23. The maximum Gasteiger partial charge on any atom is 0.290 e. The van der Waals surface area contributed by atoms with Crippen molar-refractivity contribution in [1.29, 1.82) is 0 Å². The largest absolute Gasteiger partial charge is 0.483 e. The first-order valence-electron chi connectivity index (χ1n) is 9.37. The Bertz CT molecular complexity index is 411. The number of carbonyl (C=O) groups is 3. The minimum Gasteiger partial charge on any atom is -0.483 e. The Morgan fingerprint density at radius 3 is 2.11 bits per heavy atom. The van der Waals surface area contributed by atoms with E-state index in [0.717, 1.165) is 38.5 Å². The summed E-state index contributed by atoms with van der Waals surface area (Å²) in [6, 6.07) is 0.455. The van der Waals surface area contributed by atoms with Gasteiger partial charge in [-0.3, -0.25) is 19.3 Å². The first-order chi connectivity index (χ1) is 12.9. The van der Waals surface area contributed by atoms with Gasteiger partial charge in [-0.05, 0) is 59.4 Å². The Balaban J connectivity index is 0.000000997. The standard InChI is InChI=1S/C16H32N4O.2CH2O2/c1-18-8-6-14(7-9-18)4-5-16(21)17-12-15-13-19(2)10-11-20(15)3;2*2-1-3/h14-15H,4-13H2,1-3H3,(H,17,21);2*1H,(H,2,3). The molecule has 27 heavy (non-hydrogen) atoms. The van der Waals surface area contributed by atoms with Crippen molar-refractivity contribution < 1.29 is 24.6 Å². The first-order valence-corrected chi connectivity index (χ1v) is 9.37. The van der Waals surface area contributed by atoms with Crippen LogP contribution in [0.1, 0.15) is 25.7 Å². The average molecular weight is 389 g/mol. The third kappa shape index (κ3) is 12.3. The van der Waals surface area contributed by atoms with Gasteiger partial charge in [-0.25, -0.2) is 0 Å². The summed E-state index contributed by atoms with van der Waals surface area (Å²) < 4.78 is 0. The second-order valence-corrected chi connectivity index (χ2v) is 7.20. The molecule has 9 heteroatoms. The van der Waals surface area contributed by atoms with Crippen molar-refractivity contribution in [2.24, 2.45) is 5.92 Å². The molecule has 0 bridgehead atoms. The molecule has 0 aliphatic carbocycles. The Morgan fingerprint density at radius 1 is 1.00 bits per heavy atom. The van der Waals surface area contributed by atoms with Crippen molar-refractivity contribution in [2.75, 3.05) is 60.4 Å². The number of likely N-dealkylation sites (N-methyl/N-ethyl adjacent to an activating group) is 2. The third-order valence-electron chi connectivity index (χ3n) is 5.13. The fourth-order valence-electron chi connectivity index (χ4n) is 3.33. The van der Waals surface area contributed by atoms with Crippen LogP contribution in [0.15, 0.2) is 0 Å². The minimum absolute atomic E-state index is 0.232. The monoisotopic (exact) mass is 388 g/mol. The maximum absolute atomic E-state index is 12.0. The molecule has 3 N–H and O–H groups in total. The minimum atomic E-state index is -0.250. The maximum atomic E-state index is 12.0. The predicted octanol–water partition coefficient (Wildman–Crippen LogP) is -0.128. The molecule has 0 aromatic heterocycles. The second-order valence-electron chi connectivity index (χ2n) is 7.20. The van der Waals surface area contributed by atoms with Crippen molar-refractivity contribution >= 4 is 18.9 Å². The van der Waals surface area contributed by atoms with E-state index in [1.807, 2.05) is 0 Å². The normalized spacial score (nSPS) is 21.8. The lowest BCUT2D eigenvalue weighted by Gasteiger charge is -2.37. The molecular formula is C18H36N4O5. The molecule has 2 aliphatic heterocycles. The van der Waals surface area contributed by atoms with E-state index < -0.39 is 0 Å². The van der Waals surface area contributed by atoms with Crippen LogP contribution in [0.5, 0.6) is 0 Å². The molecule has 1 atom stereocenters. The van der Waals surface area contributed by atoms with Crippen LogP contribution in [0.2, 0.25) is 0 Å². The van der Waals surface area contributed by atoms with Gasteiger partial charge in [0.1, 0.15) is 0 Å². The number of carboxylic acid groups (broad SMARTS) is 2. The van der Waals surface area contributed by atoms with Gasteiger partial charge in [0.05, 0.1) is 0 Å². The number of rotatable bonds is 5. The zero-order valence-electron chi connectivity index (χ0n) is 16.8. The molecule has 2 saturated heterocycles.